The van der Waals surface area contributed by atoms with Crippen molar-refractivity contribution in [3.63, 3.8) is 0 Å². The molecule has 0 radical (unpaired) electrons. The van der Waals surface area contributed by atoms with E-state index in [2.05, 4.69) is 19.9 Å². The van der Waals surface area contributed by atoms with E-state index in [1.807, 2.05) is 42.5 Å². The summed E-state index contributed by atoms with van der Waals surface area (Å²) in [6.45, 7) is 1.99. The van der Waals surface area contributed by atoms with E-state index in [-0.39, 0.29) is 18.8 Å². The van der Waals surface area contributed by atoms with Gasteiger partial charge in [0.25, 0.3) is 0 Å². The molecule has 0 unspecified atom stereocenters. The number of fused-ring (bicyclic) bond motifs is 1. The zero-order valence-electron chi connectivity index (χ0n) is 18.2. The molecule has 2 N–H and O–H groups in total. The van der Waals surface area contributed by atoms with Gasteiger partial charge in [0, 0.05) is 33.2 Å². The zero-order chi connectivity index (χ0) is 22.3. The summed E-state index contributed by atoms with van der Waals surface area (Å²) >= 11 is 0. The summed E-state index contributed by atoms with van der Waals surface area (Å²) in [6.07, 6.45) is 0.841. The highest BCUT2D eigenvalue weighted by atomic mass is 32.2. The standard InChI is InChI=1S/C22H30N4O4S/c1-23-22(24-10-12-31(27,28)25-15-17-7-5-4-6-8-17)26-11-9-18-13-20(29-2)21(30-3)14-19(18)16-26/h4-8,13-14,25H,9-12,15-16H2,1-3H3,(H,23,24). The second-order valence-corrected chi connectivity index (χ2v) is 9.17. The summed E-state index contributed by atoms with van der Waals surface area (Å²) in [5, 5.41) is 3.18. The summed E-state index contributed by atoms with van der Waals surface area (Å²) in [7, 11) is 1.56. The fourth-order valence-corrected chi connectivity index (χ4v) is 4.46. The maximum absolute atomic E-state index is 12.3. The molecule has 0 bridgehead atoms. The molecule has 8 nitrogen and oxygen atoms in total. The van der Waals surface area contributed by atoms with Gasteiger partial charge in [0.05, 0.1) is 20.0 Å². The molecule has 0 saturated carbocycles. The van der Waals surface area contributed by atoms with Crippen molar-refractivity contribution in [1.29, 1.82) is 0 Å². The molecule has 2 aromatic carbocycles. The highest BCUT2D eigenvalue weighted by Gasteiger charge is 2.22. The third-order valence-corrected chi connectivity index (χ3v) is 6.55. The molecule has 0 fully saturated rings. The van der Waals surface area contributed by atoms with Crippen LogP contribution in [0.2, 0.25) is 0 Å². The van der Waals surface area contributed by atoms with E-state index in [1.165, 1.54) is 5.56 Å². The highest BCUT2D eigenvalue weighted by molar-refractivity contribution is 7.89. The first-order chi connectivity index (χ1) is 15.0. The van der Waals surface area contributed by atoms with Gasteiger partial charge in [0.2, 0.25) is 10.0 Å². The van der Waals surface area contributed by atoms with Crippen LogP contribution in [0.5, 0.6) is 11.5 Å². The first-order valence-corrected chi connectivity index (χ1v) is 11.8. The monoisotopic (exact) mass is 446 g/mol. The highest BCUT2D eigenvalue weighted by Crippen LogP contribution is 2.33. The Morgan fingerprint density at radius 1 is 1.10 bits per heavy atom. The third kappa shape index (κ3) is 6.11. The van der Waals surface area contributed by atoms with Crippen LogP contribution in [0.25, 0.3) is 0 Å². The number of hydrogen-bond donors (Lipinski definition) is 2. The minimum atomic E-state index is -3.40. The van der Waals surface area contributed by atoms with Crippen LogP contribution in [0.1, 0.15) is 16.7 Å². The van der Waals surface area contributed by atoms with E-state index in [0.717, 1.165) is 29.8 Å². The summed E-state index contributed by atoms with van der Waals surface area (Å²) in [4.78, 5) is 6.44. The van der Waals surface area contributed by atoms with Crippen molar-refractivity contribution in [2.24, 2.45) is 4.99 Å². The molecule has 0 atom stereocenters. The van der Waals surface area contributed by atoms with E-state index in [9.17, 15) is 8.42 Å². The predicted octanol–water partition coefficient (Wildman–Crippen LogP) is 1.76. The molecule has 9 heteroatoms. The number of ether oxygens (including phenoxy) is 2. The fourth-order valence-electron chi connectivity index (χ4n) is 3.55. The van der Waals surface area contributed by atoms with Crippen LogP contribution in [-0.4, -0.2) is 59.4 Å². The molecule has 2 aromatic rings. The molecule has 31 heavy (non-hydrogen) atoms. The third-order valence-electron chi connectivity index (χ3n) is 5.22. The number of nitrogens with one attached hydrogen (secondary N) is 2. The number of benzene rings is 2. The largest absolute Gasteiger partial charge is 0.493 e. The van der Waals surface area contributed by atoms with Crippen molar-refractivity contribution < 1.29 is 17.9 Å². The Kier molecular flexibility index (Phi) is 7.75. The Hall–Kier alpha value is -2.78. The van der Waals surface area contributed by atoms with Crippen molar-refractivity contribution >= 4 is 16.0 Å². The van der Waals surface area contributed by atoms with E-state index in [4.69, 9.17) is 9.47 Å². The van der Waals surface area contributed by atoms with Gasteiger partial charge in [-0.25, -0.2) is 13.1 Å². The quantitative estimate of drug-likeness (QED) is 0.474. The molecule has 0 amide bonds. The number of hydrogen-bond acceptors (Lipinski definition) is 5. The average Bonchev–Trinajstić information content (AvgIpc) is 2.80. The van der Waals surface area contributed by atoms with Crippen LogP contribution in [-0.2, 0) is 29.5 Å². The van der Waals surface area contributed by atoms with Gasteiger partial charge in [-0.05, 0) is 35.2 Å². The number of methoxy groups -OCH3 is 2. The number of rotatable bonds is 8. The molecule has 168 valence electrons. The average molecular weight is 447 g/mol. The number of guanidine groups is 1. The van der Waals surface area contributed by atoms with Crippen molar-refractivity contribution in [3.8, 4) is 11.5 Å². The molecule has 1 aliphatic heterocycles. The first kappa shape index (κ1) is 22.9. The van der Waals surface area contributed by atoms with Gasteiger partial charge in [0.15, 0.2) is 17.5 Å². The van der Waals surface area contributed by atoms with E-state index in [1.54, 1.807) is 21.3 Å². The number of sulfonamides is 1. The van der Waals surface area contributed by atoms with Crippen LogP contribution in [0.3, 0.4) is 0 Å². The minimum Gasteiger partial charge on any atom is -0.493 e. The van der Waals surface area contributed by atoms with Gasteiger partial charge in [-0.15, -0.1) is 0 Å². The maximum Gasteiger partial charge on any atom is 0.213 e. The number of aliphatic imine (C=N–C) groups is 1. The van der Waals surface area contributed by atoms with Gasteiger partial charge < -0.3 is 19.7 Å². The van der Waals surface area contributed by atoms with Gasteiger partial charge in [0.1, 0.15) is 0 Å². The molecular weight excluding hydrogens is 416 g/mol. The lowest BCUT2D eigenvalue weighted by atomic mass is 9.99. The molecular formula is C22H30N4O4S. The van der Waals surface area contributed by atoms with E-state index in [0.29, 0.717) is 18.3 Å². The lowest BCUT2D eigenvalue weighted by Gasteiger charge is -2.32. The second-order valence-electron chi connectivity index (χ2n) is 7.25. The Morgan fingerprint density at radius 3 is 2.42 bits per heavy atom. The molecule has 0 aromatic heterocycles. The van der Waals surface area contributed by atoms with Gasteiger partial charge in [-0.1, -0.05) is 30.3 Å². The Morgan fingerprint density at radius 2 is 1.77 bits per heavy atom. The SMILES string of the molecule is CN=C(NCCS(=O)(=O)NCc1ccccc1)N1CCc2cc(OC)c(OC)cc2C1. The minimum absolute atomic E-state index is 0.0334. The van der Waals surface area contributed by atoms with Crippen LogP contribution in [0, 0.1) is 0 Å². The predicted molar refractivity (Wildman–Crippen MR) is 122 cm³/mol. The van der Waals surface area contributed by atoms with E-state index >= 15 is 0 Å². The lowest BCUT2D eigenvalue weighted by molar-refractivity contribution is 0.346. The van der Waals surface area contributed by atoms with Crippen LogP contribution in [0.15, 0.2) is 47.5 Å². The van der Waals surface area contributed by atoms with Crippen molar-refractivity contribution in [1.82, 2.24) is 14.9 Å². The Labute approximate surface area is 184 Å². The second kappa shape index (κ2) is 10.5. The van der Waals surface area contributed by atoms with Crippen molar-refractivity contribution in [3.05, 3.63) is 59.2 Å². The first-order valence-electron chi connectivity index (χ1n) is 10.2. The van der Waals surface area contributed by atoms with Gasteiger partial charge in [-0.2, -0.15) is 0 Å². The maximum atomic E-state index is 12.3. The molecule has 0 aliphatic carbocycles. The van der Waals surface area contributed by atoms with Crippen molar-refractivity contribution in [2.75, 3.05) is 40.1 Å². The fraction of sp³-hybridized carbons (Fsp3) is 0.409. The Bertz CT molecular complexity index is 1010. The molecule has 1 aliphatic rings. The summed E-state index contributed by atoms with van der Waals surface area (Å²) in [5.41, 5.74) is 3.29. The topological polar surface area (TPSA) is 92.3 Å². The summed E-state index contributed by atoms with van der Waals surface area (Å²) in [6, 6.07) is 13.5. The van der Waals surface area contributed by atoms with Crippen LogP contribution >= 0.6 is 0 Å². The summed E-state index contributed by atoms with van der Waals surface area (Å²) < 4.78 is 38.1. The molecule has 0 saturated heterocycles. The summed E-state index contributed by atoms with van der Waals surface area (Å²) in [5.74, 6) is 2.07. The Balaban J connectivity index is 1.55. The molecule has 0 spiro atoms. The lowest BCUT2D eigenvalue weighted by Crippen LogP contribution is -2.45. The van der Waals surface area contributed by atoms with Crippen LogP contribution in [0.4, 0.5) is 0 Å². The normalized spacial score (nSPS) is 14.2. The van der Waals surface area contributed by atoms with Gasteiger partial charge in [-0.3, -0.25) is 4.99 Å². The zero-order valence-corrected chi connectivity index (χ0v) is 19.0. The molecule has 1 heterocycles. The van der Waals surface area contributed by atoms with Gasteiger partial charge >= 0.3 is 0 Å². The number of nitrogens with zero attached hydrogens (tertiary/aromatic N) is 2. The smallest absolute Gasteiger partial charge is 0.213 e. The van der Waals surface area contributed by atoms with E-state index < -0.39 is 10.0 Å². The molecule has 3 rings (SSSR count). The van der Waals surface area contributed by atoms with Crippen molar-refractivity contribution in [2.45, 2.75) is 19.5 Å². The van der Waals surface area contributed by atoms with Crippen LogP contribution < -0.4 is 19.5 Å².